The van der Waals surface area contributed by atoms with E-state index >= 15 is 0 Å². The number of ether oxygens (including phenoxy) is 1. The van der Waals surface area contributed by atoms with Gasteiger partial charge in [-0.2, -0.15) is 5.10 Å². The number of methoxy groups -OCH3 is 1. The number of alkyl halides is 1. The van der Waals surface area contributed by atoms with Gasteiger partial charge in [-0.1, -0.05) is 19.3 Å². The molecule has 1 fully saturated rings. The van der Waals surface area contributed by atoms with E-state index in [2.05, 4.69) is 22.0 Å². The number of aryl methyl sites for hydroxylation is 1. The highest BCUT2D eigenvalue weighted by Crippen LogP contribution is 2.27. The monoisotopic (exact) mass is 270 g/mol. The summed E-state index contributed by atoms with van der Waals surface area (Å²) < 4.78 is 7.20. The van der Waals surface area contributed by atoms with Crippen LogP contribution in [-0.2, 0) is 11.2 Å². The van der Waals surface area contributed by atoms with Crippen LogP contribution in [0.1, 0.15) is 50.3 Å². The zero-order chi connectivity index (χ0) is 12.8. The van der Waals surface area contributed by atoms with Crippen molar-refractivity contribution < 1.29 is 4.74 Å². The molecule has 1 aromatic rings. The van der Waals surface area contributed by atoms with Crippen LogP contribution in [0.3, 0.4) is 0 Å². The maximum Gasteiger partial charge on any atom is 0.0626 e. The second-order valence-corrected chi connectivity index (χ2v) is 5.79. The van der Waals surface area contributed by atoms with Gasteiger partial charge in [0, 0.05) is 13.3 Å². The topological polar surface area (TPSA) is 27.1 Å². The first kappa shape index (κ1) is 13.9. The Bertz CT molecular complexity index is 347. The first-order valence-electron chi connectivity index (χ1n) is 6.96. The SMILES string of the molecule is COCC(Cl)CCc1ccn(C2CCCCC2)n1. The van der Waals surface area contributed by atoms with Crippen molar-refractivity contribution in [2.24, 2.45) is 0 Å². The van der Waals surface area contributed by atoms with Gasteiger partial charge in [-0.3, -0.25) is 4.68 Å². The normalized spacial score (nSPS) is 19.0. The van der Waals surface area contributed by atoms with Gasteiger partial charge in [0.25, 0.3) is 0 Å². The minimum atomic E-state index is 0.0924. The quantitative estimate of drug-likeness (QED) is 0.739. The summed E-state index contributed by atoms with van der Waals surface area (Å²) in [4.78, 5) is 0. The fourth-order valence-electron chi connectivity index (χ4n) is 2.63. The Labute approximate surface area is 114 Å². The van der Waals surface area contributed by atoms with E-state index in [9.17, 15) is 0 Å². The highest BCUT2D eigenvalue weighted by atomic mass is 35.5. The Morgan fingerprint density at radius 3 is 2.94 bits per heavy atom. The molecule has 18 heavy (non-hydrogen) atoms. The minimum absolute atomic E-state index is 0.0924. The number of hydrogen-bond donors (Lipinski definition) is 0. The predicted molar refractivity (Wildman–Crippen MR) is 74.2 cm³/mol. The van der Waals surface area contributed by atoms with Crippen molar-refractivity contribution in [3.05, 3.63) is 18.0 Å². The van der Waals surface area contributed by atoms with E-state index in [0.29, 0.717) is 12.6 Å². The van der Waals surface area contributed by atoms with Gasteiger partial charge in [-0.15, -0.1) is 11.6 Å². The van der Waals surface area contributed by atoms with Gasteiger partial charge in [0.2, 0.25) is 0 Å². The van der Waals surface area contributed by atoms with Crippen LogP contribution in [0.25, 0.3) is 0 Å². The molecule has 2 rings (SSSR count). The van der Waals surface area contributed by atoms with Crippen molar-refractivity contribution in [2.75, 3.05) is 13.7 Å². The molecule has 1 saturated carbocycles. The lowest BCUT2D eigenvalue weighted by Gasteiger charge is -2.21. The molecule has 0 radical (unpaired) electrons. The highest BCUT2D eigenvalue weighted by Gasteiger charge is 2.16. The number of halogens is 1. The molecule has 0 saturated heterocycles. The Kier molecular flexibility index (Phi) is 5.51. The second-order valence-electron chi connectivity index (χ2n) is 5.17. The van der Waals surface area contributed by atoms with Gasteiger partial charge in [0.1, 0.15) is 0 Å². The molecule has 1 aromatic heterocycles. The van der Waals surface area contributed by atoms with E-state index < -0.39 is 0 Å². The molecule has 1 heterocycles. The van der Waals surface area contributed by atoms with Gasteiger partial charge in [-0.05, 0) is 31.7 Å². The standard InChI is InChI=1S/C14H23ClN2O/c1-18-11-12(15)7-8-13-9-10-17(16-13)14-5-3-2-4-6-14/h9-10,12,14H,2-8,11H2,1H3. The third kappa shape index (κ3) is 3.99. The number of nitrogens with zero attached hydrogens (tertiary/aromatic N) is 2. The van der Waals surface area contributed by atoms with Gasteiger partial charge in [-0.25, -0.2) is 0 Å². The summed E-state index contributed by atoms with van der Waals surface area (Å²) in [5, 5.41) is 4.78. The molecule has 0 amide bonds. The predicted octanol–water partition coefficient (Wildman–Crippen LogP) is 3.57. The fraction of sp³-hybridized carbons (Fsp3) is 0.786. The van der Waals surface area contributed by atoms with E-state index in [0.717, 1.165) is 18.5 Å². The highest BCUT2D eigenvalue weighted by molar-refractivity contribution is 6.20. The molecular formula is C14H23ClN2O. The van der Waals surface area contributed by atoms with Crippen molar-refractivity contribution in [1.82, 2.24) is 9.78 Å². The molecule has 0 aliphatic heterocycles. The van der Waals surface area contributed by atoms with Gasteiger partial charge < -0.3 is 4.74 Å². The largest absolute Gasteiger partial charge is 0.383 e. The Balaban J connectivity index is 1.82. The molecule has 0 spiro atoms. The lowest BCUT2D eigenvalue weighted by atomic mass is 9.96. The van der Waals surface area contributed by atoms with E-state index in [-0.39, 0.29) is 5.38 Å². The van der Waals surface area contributed by atoms with E-state index in [1.54, 1.807) is 7.11 Å². The summed E-state index contributed by atoms with van der Waals surface area (Å²) in [5.74, 6) is 0. The van der Waals surface area contributed by atoms with Gasteiger partial charge in [0.15, 0.2) is 0 Å². The third-order valence-corrected chi connectivity index (χ3v) is 4.02. The number of aromatic nitrogens is 2. The van der Waals surface area contributed by atoms with Crippen LogP contribution in [0.4, 0.5) is 0 Å². The van der Waals surface area contributed by atoms with E-state index in [1.165, 1.54) is 32.1 Å². The first-order chi connectivity index (χ1) is 8.79. The number of hydrogen-bond acceptors (Lipinski definition) is 2. The van der Waals surface area contributed by atoms with Crippen molar-refractivity contribution in [3.8, 4) is 0 Å². The molecule has 1 atom stereocenters. The zero-order valence-corrected chi connectivity index (χ0v) is 11.9. The van der Waals surface area contributed by atoms with Crippen LogP contribution in [0.5, 0.6) is 0 Å². The minimum Gasteiger partial charge on any atom is -0.383 e. The average Bonchev–Trinajstić information content (AvgIpc) is 2.87. The Hall–Kier alpha value is -0.540. The summed E-state index contributed by atoms with van der Waals surface area (Å²) >= 11 is 6.13. The van der Waals surface area contributed by atoms with Crippen LogP contribution in [0.2, 0.25) is 0 Å². The molecule has 0 aromatic carbocycles. The maximum absolute atomic E-state index is 6.13. The van der Waals surface area contributed by atoms with Crippen molar-refractivity contribution in [3.63, 3.8) is 0 Å². The molecule has 102 valence electrons. The van der Waals surface area contributed by atoms with Crippen molar-refractivity contribution in [2.45, 2.75) is 56.4 Å². The molecular weight excluding hydrogens is 248 g/mol. The van der Waals surface area contributed by atoms with Crippen LogP contribution >= 0.6 is 11.6 Å². The molecule has 0 bridgehead atoms. The molecule has 1 unspecified atom stereocenters. The van der Waals surface area contributed by atoms with Crippen LogP contribution in [0, 0.1) is 0 Å². The molecule has 0 N–H and O–H groups in total. The van der Waals surface area contributed by atoms with Crippen LogP contribution < -0.4 is 0 Å². The summed E-state index contributed by atoms with van der Waals surface area (Å²) in [6.07, 6.45) is 10.6. The van der Waals surface area contributed by atoms with Gasteiger partial charge in [0.05, 0.1) is 23.7 Å². The molecule has 1 aliphatic rings. The van der Waals surface area contributed by atoms with Crippen LogP contribution in [-0.4, -0.2) is 28.9 Å². The molecule has 1 aliphatic carbocycles. The number of rotatable bonds is 6. The van der Waals surface area contributed by atoms with Gasteiger partial charge >= 0.3 is 0 Å². The fourth-order valence-corrected chi connectivity index (χ4v) is 2.86. The Morgan fingerprint density at radius 1 is 1.44 bits per heavy atom. The summed E-state index contributed by atoms with van der Waals surface area (Å²) in [7, 11) is 1.69. The zero-order valence-electron chi connectivity index (χ0n) is 11.1. The van der Waals surface area contributed by atoms with E-state index in [4.69, 9.17) is 16.3 Å². The second kappa shape index (κ2) is 7.15. The molecule has 4 heteroatoms. The molecule has 3 nitrogen and oxygen atoms in total. The summed E-state index contributed by atoms with van der Waals surface area (Å²) in [6.45, 7) is 0.616. The first-order valence-corrected chi connectivity index (χ1v) is 7.40. The van der Waals surface area contributed by atoms with E-state index in [1.807, 2.05) is 0 Å². The summed E-state index contributed by atoms with van der Waals surface area (Å²) in [5.41, 5.74) is 1.15. The average molecular weight is 271 g/mol. The lowest BCUT2D eigenvalue weighted by molar-refractivity contribution is 0.195. The van der Waals surface area contributed by atoms with Crippen LogP contribution in [0.15, 0.2) is 12.3 Å². The lowest BCUT2D eigenvalue weighted by Crippen LogP contribution is -2.14. The Morgan fingerprint density at radius 2 is 2.22 bits per heavy atom. The summed E-state index contributed by atoms with van der Waals surface area (Å²) in [6, 6.07) is 2.75. The van der Waals surface area contributed by atoms with Crippen molar-refractivity contribution in [1.29, 1.82) is 0 Å². The third-order valence-electron chi connectivity index (χ3n) is 3.67. The smallest absolute Gasteiger partial charge is 0.0626 e. The maximum atomic E-state index is 6.13. The van der Waals surface area contributed by atoms with Crippen molar-refractivity contribution >= 4 is 11.6 Å².